The molecule has 0 spiro atoms. The predicted octanol–water partition coefficient (Wildman–Crippen LogP) is 5.63. The lowest BCUT2D eigenvalue weighted by Crippen LogP contribution is -2.50. The summed E-state index contributed by atoms with van der Waals surface area (Å²) < 4.78 is 28.3. The summed E-state index contributed by atoms with van der Waals surface area (Å²) in [6, 6.07) is 13.1. The van der Waals surface area contributed by atoms with E-state index in [9.17, 15) is 13.9 Å². The van der Waals surface area contributed by atoms with E-state index >= 15 is 0 Å². The van der Waals surface area contributed by atoms with Crippen LogP contribution < -0.4 is 4.90 Å². The number of fused-ring (bicyclic) bond motifs is 1. The van der Waals surface area contributed by atoms with Gasteiger partial charge in [-0.1, -0.05) is 24.8 Å². The number of hydrogen-bond donors (Lipinski definition) is 1. The van der Waals surface area contributed by atoms with Crippen LogP contribution in [0.5, 0.6) is 5.75 Å². The van der Waals surface area contributed by atoms with Crippen molar-refractivity contribution >= 4 is 16.7 Å². The van der Waals surface area contributed by atoms with Gasteiger partial charge >= 0.3 is 0 Å². The molecule has 1 saturated heterocycles. The molecular formula is C26H30F2N4O. The van der Waals surface area contributed by atoms with Crippen molar-refractivity contribution in [3.05, 3.63) is 60.3 Å². The minimum absolute atomic E-state index is 0.124. The van der Waals surface area contributed by atoms with Gasteiger partial charge < -0.3 is 14.9 Å². The van der Waals surface area contributed by atoms with Gasteiger partial charge in [-0.25, -0.2) is 18.7 Å². The number of phenolic OH excluding ortho intramolecular Hbond substituents is 1. The monoisotopic (exact) mass is 452 g/mol. The summed E-state index contributed by atoms with van der Waals surface area (Å²) in [5.74, 6) is -1.50. The molecule has 2 heterocycles. The summed E-state index contributed by atoms with van der Waals surface area (Å²) >= 11 is 0. The molecule has 0 amide bonds. The van der Waals surface area contributed by atoms with Gasteiger partial charge in [0.25, 0.3) is 5.92 Å². The molecule has 1 aliphatic rings. The maximum Gasteiger partial charge on any atom is 0.255 e. The molecule has 3 aromatic rings. The summed E-state index contributed by atoms with van der Waals surface area (Å²) in [6.45, 7) is 12.4. The second-order valence-corrected chi connectivity index (χ2v) is 9.34. The topological polar surface area (TPSA) is 52.5 Å². The molecule has 1 aromatic heterocycles. The molecule has 0 saturated carbocycles. The number of para-hydroxylation sites is 1. The van der Waals surface area contributed by atoms with Crippen LogP contribution in [-0.2, 0) is 0 Å². The van der Waals surface area contributed by atoms with Crippen LogP contribution in [0.3, 0.4) is 0 Å². The third kappa shape index (κ3) is 4.24. The van der Waals surface area contributed by atoms with Gasteiger partial charge in [0, 0.05) is 44.2 Å². The quantitative estimate of drug-likeness (QED) is 0.544. The Kier molecular flexibility index (Phi) is 5.76. The maximum atomic E-state index is 14.2. The van der Waals surface area contributed by atoms with E-state index in [4.69, 9.17) is 9.97 Å². The summed E-state index contributed by atoms with van der Waals surface area (Å²) in [5, 5.41) is 11.3. The molecule has 7 heteroatoms. The maximum absolute atomic E-state index is 14.2. The second kappa shape index (κ2) is 8.28. The van der Waals surface area contributed by atoms with Crippen LogP contribution in [0.1, 0.15) is 26.3 Å². The van der Waals surface area contributed by atoms with Crippen molar-refractivity contribution in [1.82, 2.24) is 14.9 Å². The highest BCUT2D eigenvalue weighted by atomic mass is 19.3. The number of nitrogens with zero attached hydrogens (tertiary/aromatic N) is 4. The number of allylic oxidation sites excluding steroid dienone is 1. The molecule has 0 atom stereocenters. The Morgan fingerprint density at radius 2 is 1.67 bits per heavy atom. The number of hydrogen-bond acceptors (Lipinski definition) is 5. The molecule has 0 bridgehead atoms. The summed E-state index contributed by atoms with van der Waals surface area (Å²) in [4.78, 5) is 13.7. The molecule has 1 aliphatic heterocycles. The number of halogens is 2. The second-order valence-electron chi connectivity index (χ2n) is 9.34. The van der Waals surface area contributed by atoms with Gasteiger partial charge in [0.2, 0.25) is 0 Å². The van der Waals surface area contributed by atoms with Crippen molar-refractivity contribution in [2.75, 3.05) is 31.1 Å². The molecule has 0 radical (unpaired) electrons. The highest BCUT2D eigenvalue weighted by Gasteiger charge is 2.46. The van der Waals surface area contributed by atoms with Crippen LogP contribution in [0, 0.1) is 12.3 Å². The van der Waals surface area contributed by atoms with Crippen LogP contribution in [0.25, 0.3) is 22.3 Å². The number of phenols is 1. The Morgan fingerprint density at radius 1 is 1.00 bits per heavy atom. The van der Waals surface area contributed by atoms with Crippen molar-refractivity contribution in [3.63, 3.8) is 0 Å². The zero-order valence-electron chi connectivity index (χ0n) is 19.6. The summed E-state index contributed by atoms with van der Waals surface area (Å²) in [5.41, 5.74) is 1.58. The fourth-order valence-corrected chi connectivity index (χ4v) is 4.08. The van der Waals surface area contributed by atoms with Gasteiger partial charge in [0.1, 0.15) is 11.6 Å². The smallest absolute Gasteiger partial charge is 0.255 e. The van der Waals surface area contributed by atoms with E-state index in [0.717, 1.165) is 29.2 Å². The Bertz CT molecular complexity index is 1190. The molecule has 1 fully saturated rings. The van der Waals surface area contributed by atoms with Crippen LogP contribution >= 0.6 is 0 Å². The van der Waals surface area contributed by atoms with Crippen molar-refractivity contribution in [2.24, 2.45) is 5.41 Å². The number of rotatable bonds is 5. The number of aryl methyl sites for hydroxylation is 1. The van der Waals surface area contributed by atoms with E-state index in [1.165, 1.54) is 0 Å². The first kappa shape index (κ1) is 23.0. The molecule has 5 nitrogen and oxygen atoms in total. The third-order valence-electron chi connectivity index (χ3n) is 6.76. The largest absolute Gasteiger partial charge is 0.507 e. The lowest BCUT2D eigenvalue weighted by atomic mass is 9.82. The number of aromatic nitrogens is 2. The highest BCUT2D eigenvalue weighted by molar-refractivity contribution is 5.92. The molecule has 33 heavy (non-hydrogen) atoms. The number of piperazine rings is 1. The van der Waals surface area contributed by atoms with Gasteiger partial charge in [-0.3, -0.25) is 0 Å². The number of anilines is 1. The minimum atomic E-state index is -2.87. The Hall–Kier alpha value is -3.22. The lowest BCUT2D eigenvalue weighted by molar-refractivity contribution is -0.0800. The van der Waals surface area contributed by atoms with E-state index in [0.29, 0.717) is 43.3 Å². The summed E-state index contributed by atoms with van der Waals surface area (Å²) in [7, 11) is 0. The van der Waals surface area contributed by atoms with Crippen molar-refractivity contribution in [3.8, 4) is 17.1 Å². The summed E-state index contributed by atoms with van der Waals surface area (Å²) in [6.07, 6.45) is 0. The molecule has 174 valence electrons. The minimum Gasteiger partial charge on any atom is -0.507 e. The first-order valence-electron chi connectivity index (χ1n) is 11.1. The lowest BCUT2D eigenvalue weighted by Gasteiger charge is -2.44. The van der Waals surface area contributed by atoms with E-state index in [1.807, 2.05) is 36.1 Å². The Balaban J connectivity index is 1.67. The molecular weight excluding hydrogens is 422 g/mol. The van der Waals surface area contributed by atoms with Crippen molar-refractivity contribution in [1.29, 1.82) is 0 Å². The average molecular weight is 453 g/mol. The SMILES string of the molecule is C=C(N1CCN(c2nc(-c3ccccc3O)nc3cc(C)ccc23)CC1)C(C)(C)C(C)(F)F. The van der Waals surface area contributed by atoms with Gasteiger partial charge in [0.05, 0.1) is 16.5 Å². The molecule has 2 aromatic carbocycles. The van der Waals surface area contributed by atoms with Gasteiger partial charge in [-0.05, 0) is 50.6 Å². The molecule has 0 aliphatic carbocycles. The fourth-order valence-electron chi connectivity index (χ4n) is 4.08. The molecule has 4 rings (SSSR count). The first-order chi connectivity index (χ1) is 15.5. The predicted molar refractivity (Wildman–Crippen MR) is 129 cm³/mol. The van der Waals surface area contributed by atoms with Crippen LogP contribution in [0.4, 0.5) is 14.6 Å². The highest BCUT2D eigenvalue weighted by Crippen LogP contribution is 2.43. The zero-order valence-corrected chi connectivity index (χ0v) is 19.6. The van der Waals surface area contributed by atoms with Crippen molar-refractivity contribution in [2.45, 2.75) is 33.6 Å². The number of aromatic hydroxyl groups is 1. The van der Waals surface area contributed by atoms with Gasteiger partial charge in [-0.15, -0.1) is 0 Å². The van der Waals surface area contributed by atoms with Gasteiger partial charge in [0.15, 0.2) is 5.82 Å². The normalized spacial score (nSPS) is 15.2. The molecule has 0 unspecified atom stereocenters. The van der Waals surface area contributed by atoms with E-state index in [-0.39, 0.29) is 5.75 Å². The fraction of sp³-hybridized carbons (Fsp3) is 0.385. The number of alkyl halides is 2. The standard InChI is InChI=1S/C26H30F2N4O/c1-17-10-11-19-21(16-17)29-23(20-8-6-7-9-22(20)33)30-24(19)32-14-12-31(13-15-32)18(2)25(3,4)26(5,27)28/h6-11,16,33H,2,12-15H2,1,3-5H3. The van der Waals surface area contributed by atoms with Crippen LogP contribution in [0.15, 0.2) is 54.7 Å². The average Bonchev–Trinajstić information content (AvgIpc) is 2.77. The van der Waals surface area contributed by atoms with Crippen molar-refractivity contribution < 1.29 is 13.9 Å². The molecule has 1 N–H and O–H groups in total. The first-order valence-corrected chi connectivity index (χ1v) is 11.1. The van der Waals surface area contributed by atoms with E-state index < -0.39 is 11.3 Å². The number of benzene rings is 2. The van der Waals surface area contributed by atoms with E-state index in [2.05, 4.69) is 11.5 Å². The van der Waals surface area contributed by atoms with Crippen LogP contribution in [0.2, 0.25) is 0 Å². The van der Waals surface area contributed by atoms with Gasteiger partial charge in [-0.2, -0.15) is 0 Å². The third-order valence-corrected chi connectivity index (χ3v) is 6.76. The Labute approximate surface area is 193 Å². The van der Waals surface area contributed by atoms with E-state index in [1.54, 1.807) is 32.0 Å². The Morgan fingerprint density at radius 3 is 2.30 bits per heavy atom. The zero-order chi connectivity index (χ0) is 24.0. The van der Waals surface area contributed by atoms with Crippen LogP contribution in [-0.4, -0.2) is 52.1 Å².